The molecule has 2 heterocycles. The summed E-state index contributed by atoms with van der Waals surface area (Å²) in [6.45, 7) is 5.05. The number of ether oxygens (including phenoxy) is 1. The maximum absolute atomic E-state index is 13.2. The molecule has 7 nitrogen and oxygen atoms in total. The molecule has 1 aromatic heterocycles. The lowest BCUT2D eigenvalue weighted by atomic mass is 10.3. The van der Waals surface area contributed by atoms with Crippen molar-refractivity contribution in [3.63, 3.8) is 0 Å². The van der Waals surface area contributed by atoms with E-state index in [1.165, 1.54) is 24.5 Å². The number of carbonyl (C=O) groups is 1. The summed E-state index contributed by atoms with van der Waals surface area (Å²) in [6.07, 6.45) is 1.41. The number of anilines is 1. The standard InChI is InChI=1S/C17H19ClFN5O2/c1-2-20-17(25)24-7-5-23(6-8-24)15-10-16(22-11-21-15)26-12-3-4-14(19)13(18)9-12/h3-4,9-11H,2,5-8H2,1H3,(H,20,25). The van der Waals surface area contributed by atoms with E-state index in [0.29, 0.717) is 50.2 Å². The molecule has 1 N–H and O–H groups in total. The third-order valence-electron chi connectivity index (χ3n) is 3.96. The van der Waals surface area contributed by atoms with Crippen LogP contribution in [0, 0.1) is 5.82 Å². The molecule has 0 atom stereocenters. The summed E-state index contributed by atoms with van der Waals surface area (Å²) in [7, 11) is 0. The SMILES string of the molecule is CCNC(=O)N1CCN(c2cc(Oc3ccc(F)c(Cl)c3)ncn2)CC1. The quantitative estimate of drug-likeness (QED) is 0.884. The molecular formula is C17H19ClFN5O2. The zero-order valence-corrected chi connectivity index (χ0v) is 15.0. The van der Waals surface area contributed by atoms with E-state index in [4.69, 9.17) is 16.3 Å². The van der Waals surface area contributed by atoms with E-state index < -0.39 is 5.82 Å². The predicted octanol–water partition coefficient (Wildman–Crippen LogP) is 2.91. The first-order chi connectivity index (χ1) is 12.6. The summed E-state index contributed by atoms with van der Waals surface area (Å²) < 4.78 is 18.9. The van der Waals surface area contributed by atoms with E-state index in [9.17, 15) is 9.18 Å². The van der Waals surface area contributed by atoms with Crippen LogP contribution >= 0.6 is 11.6 Å². The van der Waals surface area contributed by atoms with Crippen LogP contribution in [0.5, 0.6) is 11.6 Å². The van der Waals surface area contributed by atoms with Gasteiger partial charge in [-0.3, -0.25) is 0 Å². The smallest absolute Gasteiger partial charge is 0.317 e. The molecule has 26 heavy (non-hydrogen) atoms. The second kappa shape index (κ2) is 8.18. The molecule has 0 bridgehead atoms. The molecule has 1 aromatic carbocycles. The Hall–Kier alpha value is -2.61. The van der Waals surface area contributed by atoms with Gasteiger partial charge < -0.3 is 19.9 Å². The summed E-state index contributed by atoms with van der Waals surface area (Å²) in [5.74, 6) is 0.928. The second-order valence-electron chi connectivity index (χ2n) is 5.70. The van der Waals surface area contributed by atoms with E-state index in [-0.39, 0.29) is 11.1 Å². The second-order valence-corrected chi connectivity index (χ2v) is 6.11. The molecule has 0 saturated carbocycles. The number of nitrogens with zero attached hydrogens (tertiary/aromatic N) is 4. The Morgan fingerprint density at radius 3 is 2.73 bits per heavy atom. The molecule has 1 saturated heterocycles. The van der Waals surface area contributed by atoms with Gasteiger partial charge in [-0.05, 0) is 19.1 Å². The Bertz CT molecular complexity index is 783. The molecule has 1 aliphatic rings. The highest BCUT2D eigenvalue weighted by atomic mass is 35.5. The fraction of sp³-hybridized carbons (Fsp3) is 0.353. The zero-order chi connectivity index (χ0) is 18.5. The van der Waals surface area contributed by atoms with Crippen LogP contribution in [0.2, 0.25) is 5.02 Å². The molecule has 0 aliphatic carbocycles. The highest BCUT2D eigenvalue weighted by molar-refractivity contribution is 6.30. The average molecular weight is 380 g/mol. The summed E-state index contributed by atoms with van der Waals surface area (Å²) in [4.78, 5) is 24.0. The zero-order valence-electron chi connectivity index (χ0n) is 14.3. The van der Waals surface area contributed by atoms with Crippen molar-refractivity contribution in [2.75, 3.05) is 37.6 Å². The van der Waals surface area contributed by atoms with Gasteiger partial charge in [0.1, 0.15) is 23.7 Å². The molecular weight excluding hydrogens is 361 g/mol. The molecule has 0 radical (unpaired) electrons. The summed E-state index contributed by atoms with van der Waals surface area (Å²) in [5.41, 5.74) is 0. The number of rotatable bonds is 4. The van der Waals surface area contributed by atoms with Gasteiger partial charge in [-0.1, -0.05) is 11.6 Å². The minimum absolute atomic E-state index is 0.0155. The van der Waals surface area contributed by atoms with Crippen molar-refractivity contribution in [1.29, 1.82) is 0 Å². The number of halogens is 2. The maximum Gasteiger partial charge on any atom is 0.317 e. The van der Waals surface area contributed by atoms with Gasteiger partial charge in [-0.15, -0.1) is 0 Å². The van der Waals surface area contributed by atoms with E-state index in [1.807, 2.05) is 6.92 Å². The van der Waals surface area contributed by atoms with E-state index >= 15 is 0 Å². The lowest BCUT2D eigenvalue weighted by Gasteiger charge is -2.35. The predicted molar refractivity (Wildman–Crippen MR) is 96.4 cm³/mol. The molecule has 9 heteroatoms. The number of piperazine rings is 1. The van der Waals surface area contributed by atoms with E-state index in [2.05, 4.69) is 20.2 Å². The topological polar surface area (TPSA) is 70.6 Å². The monoisotopic (exact) mass is 379 g/mol. The van der Waals surface area contributed by atoms with Crippen molar-refractivity contribution in [2.24, 2.45) is 0 Å². The van der Waals surface area contributed by atoms with Crippen LogP contribution in [0.15, 0.2) is 30.6 Å². The van der Waals surface area contributed by atoms with Gasteiger partial charge in [0, 0.05) is 44.9 Å². The molecule has 2 amide bonds. The van der Waals surface area contributed by atoms with Crippen LogP contribution in [-0.2, 0) is 0 Å². The third kappa shape index (κ3) is 4.32. The summed E-state index contributed by atoms with van der Waals surface area (Å²) in [6, 6.07) is 5.77. The van der Waals surface area contributed by atoms with Gasteiger partial charge >= 0.3 is 6.03 Å². The van der Waals surface area contributed by atoms with Crippen LogP contribution in [0.1, 0.15) is 6.92 Å². The van der Waals surface area contributed by atoms with Crippen molar-refractivity contribution >= 4 is 23.4 Å². The Morgan fingerprint density at radius 1 is 1.27 bits per heavy atom. The van der Waals surface area contributed by atoms with Crippen molar-refractivity contribution in [1.82, 2.24) is 20.2 Å². The number of aromatic nitrogens is 2. The normalized spacial score (nSPS) is 14.3. The fourth-order valence-corrected chi connectivity index (χ4v) is 2.79. The number of amides is 2. The highest BCUT2D eigenvalue weighted by Crippen LogP contribution is 2.26. The lowest BCUT2D eigenvalue weighted by Crippen LogP contribution is -2.52. The number of carbonyl (C=O) groups excluding carboxylic acids is 1. The first-order valence-electron chi connectivity index (χ1n) is 8.29. The van der Waals surface area contributed by atoms with Gasteiger partial charge in [0.05, 0.1) is 5.02 Å². The Morgan fingerprint density at radius 2 is 2.04 bits per heavy atom. The Labute approximate surface area is 155 Å². The first kappa shape index (κ1) is 18.2. The van der Waals surface area contributed by atoms with E-state index in [1.54, 1.807) is 11.0 Å². The molecule has 2 aromatic rings. The molecule has 1 aliphatic heterocycles. The minimum atomic E-state index is -0.507. The van der Waals surface area contributed by atoms with Gasteiger partial charge in [-0.25, -0.2) is 19.2 Å². The Balaban J connectivity index is 1.64. The van der Waals surface area contributed by atoms with Crippen molar-refractivity contribution < 1.29 is 13.9 Å². The van der Waals surface area contributed by atoms with Gasteiger partial charge in [-0.2, -0.15) is 0 Å². The highest BCUT2D eigenvalue weighted by Gasteiger charge is 2.21. The minimum Gasteiger partial charge on any atom is -0.439 e. The lowest BCUT2D eigenvalue weighted by molar-refractivity contribution is 0.195. The molecule has 3 rings (SSSR count). The van der Waals surface area contributed by atoms with Gasteiger partial charge in [0.2, 0.25) is 5.88 Å². The summed E-state index contributed by atoms with van der Waals surface area (Å²) >= 11 is 5.76. The van der Waals surface area contributed by atoms with E-state index in [0.717, 1.165) is 0 Å². The maximum atomic E-state index is 13.2. The molecule has 138 valence electrons. The number of benzene rings is 1. The number of hydrogen-bond acceptors (Lipinski definition) is 5. The largest absolute Gasteiger partial charge is 0.439 e. The van der Waals surface area contributed by atoms with Crippen LogP contribution in [-0.4, -0.2) is 53.6 Å². The fourth-order valence-electron chi connectivity index (χ4n) is 2.62. The van der Waals surface area contributed by atoms with Crippen LogP contribution in [0.25, 0.3) is 0 Å². The number of hydrogen-bond donors (Lipinski definition) is 1. The van der Waals surface area contributed by atoms with Crippen LogP contribution in [0.4, 0.5) is 15.0 Å². The summed E-state index contributed by atoms with van der Waals surface area (Å²) in [5, 5.41) is 2.78. The molecule has 0 spiro atoms. The van der Waals surface area contributed by atoms with Gasteiger partial charge in [0.15, 0.2) is 0 Å². The average Bonchev–Trinajstić information content (AvgIpc) is 2.65. The van der Waals surface area contributed by atoms with Crippen LogP contribution in [0.3, 0.4) is 0 Å². The third-order valence-corrected chi connectivity index (χ3v) is 4.25. The first-order valence-corrected chi connectivity index (χ1v) is 8.67. The van der Waals surface area contributed by atoms with Crippen molar-refractivity contribution in [3.8, 4) is 11.6 Å². The number of nitrogens with one attached hydrogen (secondary N) is 1. The Kier molecular flexibility index (Phi) is 5.72. The van der Waals surface area contributed by atoms with Crippen molar-refractivity contribution in [2.45, 2.75) is 6.92 Å². The van der Waals surface area contributed by atoms with Crippen LogP contribution < -0.4 is 15.0 Å². The van der Waals surface area contributed by atoms with Gasteiger partial charge in [0.25, 0.3) is 0 Å². The van der Waals surface area contributed by atoms with Crippen molar-refractivity contribution in [3.05, 3.63) is 41.4 Å². The molecule has 0 unspecified atom stereocenters. The number of urea groups is 1. The molecule has 1 fully saturated rings.